The molecule has 0 aliphatic heterocycles. The van der Waals surface area contributed by atoms with Gasteiger partial charge in [-0.2, -0.15) is 0 Å². The van der Waals surface area contributed by atoms with Crippen molar-refractivity contribution < 1.29 is 4.79 Å². The summed E-state index contributed by atoms with van der Waals surface area (Å²) in [6.45, 7) is 2.53. The Hall–Kier alpha value is -2.66. The quantitative estimate of drug-likeness (QED) is 0.749. The highest BCUT2D eigenvalue weighted by Crippen LogP contribution is 2.21. The first kappa shape index (κ1) is 16.2. The SMILES string of the molecule is Cc1cccc(CCNC(=O)c2ccc(-c3cccs3)[nH]c2=O)c1. The second-order valence-electron chi connectivity index (χ2n) is 5.59. The van der Waals surface area contributed by atoms with Gasteiger partial charge in [-0.15, -0.1) is 11.3 Å². The molecular formula is C19H18N2O2S. The number of carbonyl (C=O) groups excluding carboxylic acids is 1. The summed E-state index contributed by atoms with van der Waals surface area (Å²) in [5.41, 5.74) is 2.86. The van der Waals surface area contributed by atoms with Gasteiger partial charge in [0, 0.05) is 6.54 Å². The largest absolute Gasteiger partial charge is 0.352 e. The Kier molecular flexibility index (Phi) is 4.91. The monoisotopic (exact) mass is 338 g/mol. The number of aromatic nitrogens is 1. The molecule has 0 aliphatic carbocycles. The number of aryl methyl sites for hydroxylation is 1. The molecule has 24 heavy (non-hydrogen) atoms. The molecule has 3 rings (SSSR count). The van der Waals surface area contributed by atoms with Gasteiger partial charge in [0.1, 0.15) is 5.56 Å². The summed E-state index contributed by atoms with van der Waals surface area (Å²) < 4.78 is 0. The van der Waals surface area contributed by atoms with Crippen molar-refractivity contribution in [1.82, 2.24) is 10.3 Å². The number of benzene rings is 1. The molecule has 5 heteroatoms. The standard InChI is InChI=1S/C19H18N2O2S/c1-13-4-2-5-14(12-13)9-10-20-18(22)15-7-8-16(21-19(15)23)17-6-3-11-24-17/h2-8,11-12H,9-10H2,1H3,(H,20,22)(H,21,23). The van der Waals surface area contributed by atoms with Gasteiger partial charge in [0.15, 0.2) is 0 Å². The smallest absolute Gasteiger partial charge is 0.261 e. The Morgan fingerprint density at radius 3 is 2.75 bits per heavy atom. The van der Waals surface area contributed by atoms with Crippen LogP contribution in [0.1, 0.15) is 21.5 Å². The summed E-state index contributed by atoms with van der Waals surface area (Å²) in [4.78, 5) is 28.1. The summed E-state index contributed by atoms with van der Waals surface area (Å²) in [6.07, 6.45) is 0.735. The molecule has 1 aromatic carbocycles. The van der Waals surface area contributed by atoms with Crippen LogP contribution in [-0.4, -0.2) is 17.4 Å². The molecule has 4 nitrogen and oxygen atoms in total. The van der Waals surface area contributed by atoms with E-state index in [4.69, 9.17) is 0 Å². The fraction of sp³-hybridized carbons (Fsp3) is 0.158. The molecule has 0 bridgehead atoms. The molecule has 0 atom stereocenters. The van der Waals surface area contributed by atoms with E-state index in [2.05, 4.69) is 16.4 Å². The maximum absolute atomic E-state index is 12.2. The molecule has 122 valence electrons. The van der Waals surface area contributed by atoms with Crippen LogP contribution in [-0.2, 0) is 6.42 Å². The minimum absolute atomic E-state index is 0.138. The van der Waals surface area contributed by atoms with E-state index >= 15 is 0 Å². The molecule has 0 saturated heterocycles. The van der Waals surface area contributed by atoms with E-state index in [0.717, 1.165) is 22.6 Å². The molecule has 2 N–H and O–H groups in total. The van der Waals surface area contributed by atoms with Crippen molar-refractivity contribution in [2.24, 2.45) is 0 Å². The Morgan fingerprint density at radius 1 is 1.17 bits per heavy atom. The maximum atomic E-state index is 12.2. The van der Waals surface area contributed by atoms with Crippen LogP contribution in [0.4, 0.5) is 0 Å². The zero-order chi connectivity index (χ0) is 16.9. The van der Waals surface area contributed by atoms with Crippen LogP contribution in [0.3, 0.4) is 0 Å². The van der Waals surface area contributed by atoms with Crippen LogP contribution >= 0.6 is 11.3 Å². The molecule has 2 heterocycles. The fourth-order valence-corrected chi connectivity index (χ4v) is 3.22. The van der Waals surface area contributed by atoms with Crippen LogP contribution in [0, 0.1) is 6.92 Å². The molecule has 0 aliphatic rings. The van der Waals surface area contributed by atoms with E-state index < -0.39 is 0 Å². The van der Waals surface area contributed by atoms with Crippen molar-refractivity contribution in [3.63, 3.8) is 0 Å². The van der Waals surface area contributed by atoms with Gasteiger partial charge >= 0.3 is 0 Å². The molecule has 0 unspecified atom stereocenters. The van der Waals surface area contributed by atoms with Crippen LogP contribution < -0.4 is 10.9 Å². The average Bonchev–Trinajstić information content (AvgIpc) is 3.09. The zero-order valence-corrected chi connectivity index (χ0v) is 14.2. The first-order valence-electron chi connectivity index (χ1n) is 7.74. The number of thiophene rings is 1. The first-order chi connectivity index (χ1) is 11.6. The highest BCUT2D eigenvalue weighted by atomic mass is 32.1. The van der Waals surface area contributed by atoms with Crippen LogP contribution in [0.15, 0.2) is 58.7 Å². The van der Waals surface area contributed by atoms with Crippen molar-refractivity contribution in [1.29, 1.82) is 0 Å². The topological polar surface area (TPSA) is 62.0 Å². The number of hydrogen-bond acceptors (Lipinski definition) is 3. The molecule has 1 amide bonds. The predicted octanol–water partition coefficient (Wildman–Crippen LogP) is 3.38. The minimum atomic E-state index is -0.367. The van der Waals surface area contributed by atoms with E-state index in [1.54, 1.807) is 23.5 Å². The lowest BCUT2D eigenvalue weighted by Gasteiger charge is -2.06. The number of aromatic amines is 1. The summed E-state index contributed by atoms with van der Waals surface area (Å²) in [5, 5.41) is 4.75. The van der Waals surface area contributed by atoms with Gasteiger partial charge in [0.25, 0.3) is 11.5 Å². The maximum Gasteiger partial charge on any atom is 0.261 e. The van der Waals surface area contributed by atoms with Gasteiger partial charge in [-0.25, -0.2) is 0 Å². The Balaban J connectivity index is 1.64. The Morgan fingerprint density at radius 2 is 2.04 bits per heavy atom. The van der Waals surface area contributed by atoms with Crippen LogP contribution in [0.2, 0.25) is 0 Å². The number of amides is 1. The summed E-state index contributed by atoms with van der Waals surface area (Å²) >= 11 is 1.54. The van der Waals surface area contributed by atoms with Gasteiger partial charge in [-0.3, -0.25) is 9.59 Å². The van der Waals surface area contributed by atoms with Crippen molar-refractivity contribution in [2.45, 2.75) is 13.3 Å². The summed E-state index contributed by atoms with van der Waals surface area (Å²) in [5.74, 6) is -0.346. The third kappa shape index (κ3) is 3.81. The third-order valence-corrected chi connectivity index (χ3v) is 4.63. The highest BCUT2D eigenvalue weighted by Gasteiger charge is 2.11. The van der Waals surface area contributed by atoms with Gasteiger partial charge in [0.05, 0.1) is 10.6 Å². The van der Waals surface area contributed by atoms with E-state index in [0.29, 0.717) is 6.54 Å². The van der Waals surface area contributed by atoms with Crippen LogP contribution in [0.5, 0.6) is 0 Å². The number of nitrogens with one attached hydrogen (secondary N) is 2. The second-order valence-corrected chi connectivity index (χ2v) is 6.53. The minimum Gasteiger partial charge on any atom is -0.352 e. The fourth-order valence-electron chi connectivity index (χ4n) is 2.51. The van der Waals surface area contributed by atoms with E-state index in [1.807, 2.05) is 42.6 Å². The number of hydrogen-bond donors (Lipinski definition) is 2. The molecule has 0 spiro atoms. The molecule has 0 fully saturated rings. The van der Waals surface area contributed by atoms with Crippen molar-refractivity contribution in [2.75, 3.05) is 6.54 Å². The normalized spacial score (nSPS) is 10.5. The lowest BCUT2D eigenvalue weighted by molar-refractivity contribution is 0.0952. The highest BCUT2D eigenvalue weighted by molar-refractivity contribution is 7.13. The predicted molar refractivity (Wildman–Crippen MR) is 97.6 cm³/mol. The van der Waals surface area contributed by atoms with Gasteiger partial charge in [-0.05, 0) is 42.5 Å². The Bertz CT molecular complexity index is 898. The van der Waals surface area contributed by atoms with E-state index in [1.165, 1.54) is 5.56 Å². The molecule has 3 aromatic rings. The van der Waals surface area contributed by atoms with Crippen molar-refractivity contribution >= 4 is 17.2 Å². The number of H-pyrrole nitrogens is 1. The molecule has 0 radical (unpaired) electrons. The molecular weight excluding hydrogens is 320 g/mol. The first-order valence-corrected chi connectivity index (χ1v) is 8.62. The summed E-state index contributed by atoms with van der Waals surface area (Å²) in [6, 6.07) is 15.4. The van der Waals surface area contributed by atoms with Gasteiger partial charge in [0.2, 0.25) is 0 Å². The van der Waals surface area contributed by atoms with Gasteiger partial charge in [-0.1, -0.05) is 35.9 Å². The number of rotatable bonds is 5. The second kappa shape index (κ2) is 7.27. The lowest BCUT2D eigenvalue weighted by Crippen LogP contribution is -2.31. The van der Waals surface area contributed by atoms with Crippen LogP contribution in [0.25, 0.3) is 10.6 Å². The average molecular weight is 338 g/mol. The van der Waals surface area contributed by atoms with Crippen molar-refractivity contribution in [3.05, 3.63) is 81.0 Å². The lowest BCUT2D eigenvalue weighted by atomic mass is 10.1. The summed E-state index contributed by atoms with van der Waals surface area (Å²) in [7, 11) is 0. The van der Waals surface area contributed by atoms with Crippen molar-refractivity contribution in [3.8, 4) is 10.6 Å². The Labute approximate surface area is 144 Å². The molecule has 0 saturated carbocycles. The van der Waals surface area contributed by atoms with E-state index in [-0.39, 0.29) is 17.0 Å². The number of pyridine rings is 1. The molecule has 2 aromatic heterocycles. The van der Waals surface area contributed by atoms with Gasteiger partial charge < -0.3 is 10.3 Å². The zero-order valence-electron chi connectivity index (χ0n) is 13.3. The van der Waals surface area contributed by atoms with E-state index in [9.17, 15) is 9.59 Å². The third-order valence-electron chi connectivity index (χ3n) is 3.72. The number of carbonyl (C=O) groups is 1.